The van der Waals surface area contributed by atoms with Gasteiger partial charge < -0.3 is 4.74 Å². The van der Waals surface area contributed by atoms with E-state index in [-0.39, 0.29) is 15.7 Å². The predicted molar refractivity (Wildman–Crippen MR) is 65.3 cm³/mol. The van der Waals surface area contributed by atoms with Gasteiger partial charge in [-0.2, -0.15) is 5.10 Å². The van der Waals surface area contributed by atoms with Gasteiger partial charge >= 0.3 is 5.97 Å². The molecule has 0 spiro atoms. The number of nitrogens with one attached hydrogen (secondary N) is 1. The number of rotatable bonds is 2. The molecule has 2 aromatic rings. The molecule has 0 atom stereocenters. The molecule has 0 saturated heterocycles. The van der Waals surface area contributed by atoms with Crippen LogP contribution in [0.4, 0.5) is 4.39 Å². The maximum Gasteiger partial charge on any atom is 0.356 e. The summed E-state index contributed by atoms with van der Waals surface area (Å²) in [5, 5.41) is 6.51. The average molecular weight is 289 g/mol. The first kappa shape index (κ1) is 12.9. The Hall–Kier alpha value is -1.59. The van der Waals surface area contributed by atoms with Crippen molar-refractivity contribution in [3.05, 3.63) is 39.8 Å². The summed E-state index contributed by atoms with van der Waals surface area (Å²) in [4.78, 5) is 11.2. The summed E-state index contributed by atoms with van der Waals surface area (Å²) in [6.45, 7) is 0. The molecule has 18 heavy (non-hydrogen) atoms. The normalized spacial score (nSPS) is 10.4. The number of carbonyl (C=O) groups excluding carboxylic acids is 1. The number of aromatic nitrogens is 2. The Balaban J connectivity index is 2.46. The van der Waals surface area contributed by atoms with Gasteiger partial charge in [0.05, 0.1) is 22.8 Å². The number of methoxy groups -OCH3 is 1. The van der Waals surface area contributed by atoms with Gasteiger partial charge in [-0.15, -0.1) is 0 Å². The summed E-state index contributed by atoms with van der Waals surface area (Å²) in [5.41, 5.74) is 0.819. The zero-order valence-corrected chi connectivity index (χ0v) is 10.6. The maximum atomic E-state index is 13.4. The fourth-order valence-electron chi connectivity index (χ4n) is 1.39. The second-order valence-corrected chi connectivity index (χ2v) is 4.22. The monoisotopic (exact) mass is 288 g/mol. The maximum absolute atomic E-state index is 13.4. The fraction of sp³-hybridized carbons (Fsp3) is 0.0909. The van der Waals surface area contributed by atoms with Crippen LogP contribution in [0.15, 0.2) is 18.2 Å². The number of H-pyrrole nitrogens is 1. The minimum absolute atomic E-state index is 0.0764. The van der Waals surface area contributed by atoms with Crippen molar-refractivity contribution in [3.8, 4) is 11.3 Å². The Labute approximate surface area is 112 Å². The quantitative estimate of drug-likeness (QED) is 0.681. The Kier molecular flexibility index (Phi) is 3.54. The van der Waals surface area contributed by atoms with Crippen LogP contribution in [-0.2, 0) is 4.74 Å². The number of hydrogen-bond acceptors (Lipinski definition) is 3. The molecule has 1 aromatic heterocycles. The van der Waals surface area contributed by atoms with E-state index in [2.05, 4.69) is 14.9 Å². The lowest BCUT2D eigenvalue weighted by molar-refractivity contribution is 0.0594. The van der Waals surface area contributed by atoms with Crippen LogP contribution in [0.2, 0.25) is 10.0 Å². The van der Waals surface area contributed by atoms with Gasteiger partial charge in [-0.3, -0.25) is 5.10 Å². The molecular formula is C11H7Cl2FN2O2. The Bertz CT molecular complexity index is 613. The SMILES string of the molecule is COC(=O)c1cc(-c2cc(F)c(Cl)cc2Cl)n[nH]1. The number of aromatic amines is 1. The van der Waals surface area contributed by atoms with E-state index in [0.29, 0.717) is 11.3 Å². The van der Waals surface area contributed by atoms with Crippen LogP contribution in [0.25, 0.3) is 11.3 Å². The Morgan fingerprint density at radius 1 is 1.33 bits per heavy atom. The molecule has 1 heterocycles. The highest BCUT2D eigenvalue weighted by atomic mass is 35.5. The highest BCUT2D eigenvalue weighted by Crippen LogP contribution is 2.31. The molecule has 0 bridgehead atoms. The van der Waals surface area contributed by atoms with Crippen LogP contribution in [0, 0.1) is 5.82 Å². The van der Waals surface area contributed by atoms with Gasteiger partial charge in [0.2, 0.25) is 0 Å². The Morgan fingerprint density at radius 2 is 2.06 bits per heavy atom. The highest BCUT2D eigenvalue weighted by Gasteiger charge is 2.15. The van der Waals surface area contributed by atoms with Crippen LogP contribution >= 0.6 is 23.2 Å². The van der Waals surface area contributed by atoms with Gasteiger partial charge in [0.25, 0.3) is 0 Å². The van der Waals surface area contributed by atoms with Crippen LogP contribution in [0.3, 0.4) is 0 Å². The van der Waals surface area contributed by atoms with Crippen LogP contribution in [-0.4, -0.2) is 23.3 Å². The van der Waals surface area contributed by atoms with Crippen molar-refractivity contribution < 1.29 is 13.9 Å². The van der Waals surface area contributed by atoms with Gasteiger partial charge in [-0.25, -0.2) is 9.18 Å². The van der Waals surface area contributed by atoms with Gasteiger partial charge in [0.1, 0.15) is 11.5 Å². The van der Waals surface area contributed by atoms with Gasteiger partial charge in [-0.05, 0) is 18.2 Å². The van der Waals surface area contributed by atoms with E-state index in [1.807, 2.05) is 0 Å². The molecule has 0 aliphatic heterocycles. The van der Waals surface area contributed by atoms with Crippen LogP contribution in [0.1, 0.15) is 10.5 Å². The summed E-state index contributed by atoms with van der Waals surface area (Å²) in [6, 6.07) is 3.85. The Morgan fingerprint density at radius 3 is 2.72 bits per heavy atom. The lowest BCUT2D eigenvalue weighted by atomic mass is 10.1. The van der Waals surface area contributed by atoms with Crippen molar-refractivity contribution in [2.45, 2.75) is 0 Å². The third-order valence-corrected chi connectivity index (χ3v) is 2.87. The van der Waals surface area contributed by atoms with Crippen LogP contribution in [0.5, 0.6) is 0 Å². The molecular weight excluding hydrogens is 282 g/mol. The predicted octanol–water partition coefficient (Wildman–Crippen LogP) is 3.31. The molecule has 0 fully saturated rings. The molecule has 1 N–H and O–H groups in total. The molecule has 94 valence electrons. The molecule has 0 radical (unpaired) electrons. The molecule has 0 amide bonds. The average Bonchev–Trinajstić information content (AvgIpc) is 2.82. The van der Waals surface area contributed by atoms with E-state index in [0.717, 1.165) is 6.07 Å². The summed E-state index contributed by atoms with van der Waals surface area (Å²) in [5.74, 6) is -1.18. The summed E-state index contributed by atoms with van der Waals surface area (Å²) in [6.07, 6.45) is 0. The van der Waals surface area contributed by atoms with E-state index in [9.17, 15) is 9.18 Å². The first-order chi connectivity index (χ1) is 8.52. The summed E-state index contributed by atoms with van der Waals surface area (Å²) in [7, 11) is 1.25. The lowest BCUT2D eigenvalue weighted by Gasteiger charge is -2.02. The summed E-state index contributed by atoms with van der Waals surface area (Å²) >= 11 is 11.5. The minimum atomic E-state index is -0.612. The molecule has 0 unspecified atom stereocenters. The van der Waals surface area contributed by atoms with Crippen molar-refractivity contribution >= 4 is 29.2 Å². The third kappa shape index (κ3) is 2.32. The van der Waals surface area contributed by atoms with E-state index in [4.69, 9.17) is 23.2 Å². The smallest absolute Gasteiger partial charge is 0.356 e. The second-order valence-electron chi connectivity index (χ2n) is 3.40. The zero-order chi connectivity index (χ0) is 13.3. The van der Waals surface area contributed by atoms with E-state index in [1.54, 1.807) is 0 Å². The highest BCUT2D eigenvalue weighted by molar-refractivity contribution is 6.36. The fourth-order valence-corrected chi connectivity index (χ4v) is 1.87. The number of esters is 1. The van der Waals surface area contributed by atoms with Gasteiger partial charge in [-0.1, -0.05) is 23.2 Å². The van der Waals surface area contributed by atoms with Gasteiger partial charge in [0, 0.05) is 5.56 Å². The standard InChI is InChI=1S/C11H7Cl2FN2O2/c1-18-11(17)10-4-9(15-16-10)5-2-8(14)7(13)3-6(5)12/h2-4H,1H3,(H,15,16). The van der Waals surface area contributed by atoms with Crippen LogP contribution < -0.4 is 0 Å². The van der Waals surface area contributed by atoms with Crippen molar-refractivity contribution in [1.29, 1.82) is 0 Å². The van der Waals surface area contributed by atoms with Crippen molar-refractivity contribution in [3.63, 3.8) is 0 Å². The van der Waals surface area contributed by atoms with E-state index >= 15 is 0 Å². The second kappa shape index (κ2) is 4.96. The molecule has 2 rings (SSSR count). The number of nitrogens with zero attached hydrogens (tertiary/aromatic N) is 1. The van der Waals surface area contributed by atoms with Crippen molar-refractivity contribution in [2.24, 2.45) is 0 Å². The molecule has 0 aliphatic carbocycles. The van der Waals surface area contributed by atoms with Crippen molar-refractivity contribution in [1.82, 2.24) is 10.2 Å². The summed E-state index contributed by atoms with van der Waals surface area (Å²) < 4.78 is 17.9. The number of ether oxygens (including phenoxy) is 1. The molecule has 4 nitrogen and oxygen atoms in total. The van der Waals surface area contributed by atoms with Crippen molar-refractivity contribution in [2.75, 3.05) is 7.11 Å². The number of halogens is 3. The van der Waals surface area contributed by atoms with Gasteiger partial charge in [0.15, 0.2) is 0 Å². The number of hydrogen-bond donors (Lipinski definition) is 1. The van der Waals surface area contributed by atoms with E-state index < -0.39 is 11.8 Å². The topological polar surface area (TPSA) is 55.0 Å². The third-order valence-electron chi connectivity index (χ3n) is 2.27. The number of benzene rings is 1. The molecule has 1 aromatic carbocycles. The molecule has 7 heteroatoms. The first-order valence-corrected chi connectivity index (χ1v) is 5.57. The largest absolute Gasteiger partial charge is 0.464 e. The van der Waals surface area contributed by atoms with E-state index in [1.165, 1.54) is 19.2 Å². The zero-order valence-electron chi connectivity index (χ0n) is 9.13. The number of carbonyl (C=O) groups is 1. The first-order valence-electron chi connectivity index (χ1n) is 4.81. The lowest BCUT2D eigenvalue weighted by Crippen LogP contribution is -2.00. The minimum Gasteiger partial charge on any atom is -0.464 e. The molecule has 0 saturated carbocycles. The molecule has 0 aliphatic rings.